The third-order valence-corrected chi connectivity index (χ3v) is 2.56. The van der Waals surface area contributed by atoms with Crippen molar-refractivity contribution in [3.63, 3.8) is 0 Å². The molecular weight excluding hydrogens is 178 g/mol. The molecular formula is C10H17N3O. The van der Waals surface area contributed by atoms with Crippen LogP contribution in [0.3, 0.4) is 0 Å². The molecule has 0 spiro atoms. The van der Waals surface area contributed by atoms with E-state index in [2.05, 4.69) is 15.5 Å². The topological polar surface area (TPSA) is 49.9 Å². The molecule has 1 unspecified atom stereocenters. The number of ether oxygens (including phenoxy) is 1. The van der Waals surface area contributed by atoms with E-state index in [0.717, 1.165) is 32.0 Å². The van der Waals surface area contributed by atoms with Crippen LogP contribution in [0.5, 0.6) is 0 Å². The number of aromatic nitrogens is 2. The molecule has 14 heavy (non-hydrogen) atoms. The Hall–Kier alpha value is -0.870. The van der Waals surface area contributed by atoms with E-state index >= 15 is 0 Å². The smallest absolute Gasteiger partial charge is 0.0506 e. The first kappa shape index (κ1) is 9.68. The Labute approximate surface area is 84.0 Å². The zero-order valence-corrected chi connectivity index (χ0v) is 8.33. The van der Waals surface area contributed by atoms with Crippen molar-refractivity contribution in [1.29, 1.82) is 0 Å². The predicted octanol–water partition coefficient (Wildman–Crippen LogP) is 0.926. The number of rotatable bonds is 4. The second kappa shape index (κ2) is 5.12. The van der Waals surface area contributed by atoms with Gasteiger partial charge in [-0.05, 0) is 24.8 Å². The van der Waals surface area contributed by atoms with Gasteiger partial charge in [-0.15, -0.1) is 0 Å². The average Bonchev–Trinajstić information content (AvgIpc) is 2.72. The number of H-pyrrole nitrogens is 1. The van der Waals surface area contributed by atoms with Gasteiger partial charge in [-0.3, -0.25) is 5.10 Å². The molecule has 0 aromatic carbocycles. The Morgan fingerprint density at radius 2 is 2.64 bits per heavy atom. The molecule has 4 heteroatoms. The fourth-order valence-electron chi connectivity index (χ4n) is 1.76. The maximum atomic E-state index is 5.41. The Kier molecular flexibility index (Phi) is 3.54. The van der Waals surface area contributed by atoms with Gasteiger partial charge in [0, 0.05) is 31.6 Å². The molecule has 0 radical (unpaired) electrons. The van der Waals surface area contributed by atoms with Crippen molar-refractivity contribution in [2.24, 2.45) is 5.92 Å². The minimum Gasteiger partial charge on any atom is -0.381 e. The molecule has 1 aliphatic rings. The molecule has 2 N–H and O–H groups in total. The van der Waals surface area contributed by atoms with Crippen LogP contribution in [0.1, 0.15) is 18.5 Å². The molecule has 2 heterocycles. The van der Waals surface area contributed by atoms with Crippen molar-refractivity contribution in [3.05, 3.63) is 18.0 Å². The van der Waals surface area contributed by atoms with Crippen molar-refractivity contribution >= 4 is 0 Å². The Morgan fingerprint density at radius 3 is 3.36 bits per heavy atom. The summed E-state index contributed by atoms with van der Waals surface area (Å²) in [6.07, 6.45) is 4.27. The van der Waals surface area contributed by atoms with Gasteiger partial charge in [0.2, 0.25) is 0 Å². The monoisotopic (exact) mass is 195 g/mol. The van der Waals surface area contributed by atoms with Crippen LogP contribution < -0.4 is 5.32 Å². The lowest BCUT2D eigenvalue weighted by Gasteiger charge is -2.22. The first-order valence-electron chi connectivity index (χ1n) is 5.22. The SMILES string of the molecule is c1cc(CNCC2CCCOC2)[nH]n1. The number of hydrogen-bond donors (Lipinski definition) is 2. The third-order valence-electron chi connectivity index (χ3n) is 2.56. The van der Waals surface area contributed by atoms with Crippen LogP contribution in [0, 0.1) is 5.92 Å². The maximum absolute atomic E-state index is 5.41. The van der Waals surface area contributed by atoms with Crippen LogP contribution in [0.2, 0.25) is 0 Å². The molecule has 0 amide bonds. The van der Waals surface area contributed by atoms with Crippen LogP contribution >= 0.6 is 0 Å². The summed E-state index contributed by atoms with van der Waals surface area (Å²) in [5, 5.41) is 10.2. The number of nitrogens with one attached hydrogen (secondary N) is 2. The normalized spacial score (nSPS) is 22.4. The van der Waals surface area contributed by atoms with E-state index in [0.29, 0.717) is 5.92 Å². The maximum Gasteiger partial charge on any atom is 0.0506 e. The lowest BCUT2D eigenvalue weighted by Crippen LogP contribution is -2.28. The van der Waals surface area contributed by atoms with Crippen LogP contribution in [0.25, 0.3) is 0 Å². The number of hydrogen-bond acceptors (Lipinski definition) is 3. The van der Waals surface area contributed by atoms with Crippen molar-refractivity contribution < 1.29 is 4.74 Å². The number of aromatic amines is 1. The van der Waals surface area contributed by atoms with Crippen molar-refractivity contribution in [3.8, 4) is 0 Å². The van der Waals surface area contributed by atoms with Gasteiger partial charge in [0.05, 0.1) is 6.61 Å². The van der Waals surface area contributed by atoms with E-state index in [1.165, 1.54) is 12.8 Å². The quantitative estimate of drug-likeness (QED) is 0.751. The minimum atomic E-state index is 0.687. The van der Waals surface area contributed by atoms with Crippen LogP contribution in [-0.4, -0.2) is 30.0 Å². The van der Waals surface area contributed by atoms with E-state index in [1.807, 2.05) is 6.07 Å². The highest BCUT2D eigenvalue weighted by molar-refractivity contribution is 4.96. The van der Waals surface area contributed by atoms with Gasteiger partial charge in [0.15, 0.2) is 0 Å². The summed E-state index contributed by atoms with van der Waals surface area (Å²) in [7, 11) is 0. The summed E-state index contributed by atoms with van der Waals surface area (Å²) >= 11 is 0. The molecule has 4 nitrogen and oxygen atoms in total. The zero-order chi connectivity index (χ0) is 9.64. The minimum absolute atomic E-state index is 0.687. The summed E-state index contributed by atoms with van der Waals surface area (Å²) < 4.78 is 5.41. The zero-order valence-electron chi connectivity index (χ0n) is 8.33. The van der Waals surface area contributed by atoms with Crippen molar-refractivity contribution in [2.45, 2.75) is 19.4 Å². The van der Waals surface area contributed by atoms with Crippen LogP contribution in [0.4, 0.5) is 0 Å². The number of nitrogens with zero attached hydrogens (tertiary/aromatic N) is 1. The van der Waals surface area contributed by atoms with E-state index in [-0.39, 0.29) is 0 Å². The molecule has 0 aliphatic carbocycles. The van der Waals surface area contributed by atoms with Crippen LogP contribution in [-0.2, 0) is 11.3 Å². The average molecular weight is 195 g/mol. The van der Waals surface area contributed by atoms with Gasteiger partial charge in [-0.1, -0.05) is 0 Å². The summed E-state index contributed by atoms with van der Waals surface area (Å²) in [4.78, 5) is 0. The van der Waals surface area contributed by atoms with Gasteiger partial charge >= 0.3 is 0 Å². The molecule has 1 aliphatic heterocycles. The van der Waals surface area contributed by atoms with Gasteiger partial charge in [0.25, 0.3) is 0 Å². The van der Waals surface area contributed by atoms with Gasteiger partial charge < -0.3 is 10.1 Å². The molecule has 1 aromatic heterocycles. The highest BCUT2D eigenvalue weighted by Gasteiger charge is 2.12. The summed E-state index contributed by atoms with van der Waals surface area (Å²) in [5.74, 6) is 0.687. The first-order chi connectivity index (χ1) is 6.95. The van der Waals surface area contributed by atoms with Crippen molar-refractivity contribution in [1.82, 2.24) is 15.5 Å². The second-order valence-electron chi connectivity index (χ2n) is 3.80. The fourth-order valence-corrected chi connectivity index (χ4v) is 1.76. The third kappa shape index (κ3) is 2.82. The lowest BCUT2D eigenvalue weighted by molar-refractivity contribution is 0.0547. The van der Waals surface area contributed by atoms with E-state index < -0.39 is 0 Å². The van der Waals surface area contributed by atoms with Crippen molar-refractivity contribution in [2.75, 3.05) is 19.8 Å². The summed E-state index contributed by atoms with van der Waals surface area (Å²) in [5.41, 5.74) is 1.14. The van der Waals surface area contributed by atoms with Gasteiger partial charge in [0.1, 0.15) is 0 Å². The first-order valence-corrected chi connectivity index (χ1v) is 5.22. The highest BCUT2D eigenvalue weighted by atomic mass is 16.5. The molecule has 2 rings (SSSR count). The summed E-state index contributed by atoms with van der Waals surface area (Å²) in [6, 6.07) is 1.99. The highest BCUT2D eigenvalue weighted by Crippen LogP contribution is 2.12. The fraction of sp³-hybridized carbons (Fsp3) is 0.700. The second-order valence-corrected chi connectivity index (χ2v) is 3.80. The molecule has 1 aromatic rings. The predicted molar refractivity (Wildman–Crippen MR) is 53.8 cm³/mol. The molecule has 0 bridgehead atoms. The molecule has 1 atom stereocenters. The standard InChI is InChI=1S/C10H17N3O/c1-2-9(8-14-5-1)6-11-7-10-3-4-12-13-10/h3-4,9,11H,1-2,5-8H2,(H,12,13). The molecule has 1 fully saturated rings. The molecule has 78 valence electrons. The molecule has 0 saturated carbocycles. The van der Waals surface area contributed by atoms with Crippen LogP contribution in [0.15, 0.2) is 12.3 Å². The largest absolute Gasteiger partial charge is 0.381 e. The van der Waals surface area contributed by atoms with Gasteiger partial charge in [-0.2, -0.15) is 5.10 Å². The van der Waals surface area contributed by atoms with Gasteiger partial charge in [-0.25, -0.2) is 0 Å². The lowest BCUT2D eigenvalue weighted by atomic mass is 10.0. The Balaban J connectivity index is 1.62. The van der Waals surface area contributed by atoms with E-state index in [1.54, 1.807) is 6.20 Å². The Bertz CT molecular complexity index is 242. The van der Waals surface area contributed by atoms with E-state index in [4.69, 9.17) is 4.74 Å². The Morgan fingerprint density at radius 1 is 1.64 bits per heavy atom. The summed E-state index contributed by atoms with van der Waals surface area (Å²) in [6.45, 7) is 3.77. The molecule has 1 saturated heterocycles. The van der Waals surface area contributed by atoms with E-state index in [9.17, 15) is 0 Å².